The Labute approximate surface area is 111 Å². The summed E-state index contributed by atoms with van der Waals surface area (Å²) in [5.74, 6) is 1.19. The fourth-order valence-corrected chi connectivity index (χ4v) is 1.97. The van der Waals surface area contributed by atoms with Gasteiger partial charge in [-0.15, -0.1) is 0 Å². The second-order valence-electron chi connectivity index (χ2n) is 4.46. The van der Waals surface area contributed by atoms with E-state index in [-0.39, 0.29) is 0 Å². The lowest BCUT2D eigenvalue weighted by Crippen LogP contribution is -1.97. The van der Waals surface area contributed by atoms with Crippen molar-refractivity contribution in [3.05, 3.63) is 60.3 Å². The number of aryl methyl sites for hydroxylation is 1. The molecule has 0 radical (unpaired) electrons. The normalized spacial score (nSPS) is 10.6. The van der Waals surface area contributed by atoms with Crippen LogP contribution in [0, 0.1) is 6.92 Å². The van der Waals surface area contributed by atoms with Crippen molar-refractivity contribution in [1.82, 2.24) is 4.98 Å². The molecule has 3 nitrogen and oxygen atoms in total. The van der Waals surface area contributed by atoms with Gasteiger partial charge in [0.25, 0.3) is 0 Å². The molecular weight excluding hydrogens is 236 g/mol. The Morgan fingerprint density at radius 2 is 1.79 bits per heavy atom. The van der Waals surface area contributed by atoms with Gasteiger partial charge < -0.3 is 10.5 Å². The lowest BCUT2D eigenvalue weighted by atomic mass is 10.1. The van der Waals surface area contributed by atoms with E-state index in [1.54, 1.807) is 6.20 Å². The molecule has 2 aromatic carbocycles. The maximum absolute atomic E-state index is 5.96. The Hall–Kier alpha value is -2.55. The number of hydrogen-bond donors (Lipinski definition) is 1. The first-order chi connectivity index (χ1) is 9.24. The largest absolute Gasteiger partial charge is 0.437 e. The highest BCUT2D eigenvalue weighted by Gasteiger charge is 2.06. The molecule has 94 valence electrons. The van der Waals surface area contributed by atoms with E-state index < -0.39 is 0 Å². The van der Waals surface area contributed by atoms with Crippen LogP contribution in [0.5, 0.6) is 11.6 Å². The first-order valence-electron chi connectivity index (χ1n) is 6.12. The summed E-state index contributed by atoms with van der Waals surface area (Å²) in [5.41, 5.74) is 7.50. The molecule has 0 atom stereocenters. The van der Waals surface area contributed by atoms with Crippen LogP contribution in [0.1, 0.15) is 5.56 Å². The van der Waals surface area contributed by atoms with Gasteiger partial charge in [-0.2, -0.15) is 0 Å². The highest BCUT2D eigenvalue weighted by atomic mass is 16.5. The second kappa shape index (κ2) is 4.61. The van der Waals surface area contributed by atoms with E-state index in [1.807, 2.05) is 43.3 Å². The maximum atomic E-state index is 5.96. The molecule has 19 heavy (non-hydrogen) atoms. The number of benzene rings is 2. The lowest BCUT2D eigenvalue weighted by Gasteiger charge is -2.09. The van der Waals surface area contributed by atoms with Crippen LogP contribution >= 0.6 is 0 Å². The average molecular weight is 250 g/mol. The van der Waals surface area contributed by atoms with Crippen molar-refractivity contribution in [2.45, 2.75) is 6.92 Å². The fourth-order valence-electron chi connectivity index (χ4n) is 1.97. The molecule has 0 saturated carbocycles. The van der Waals surface area contributed by atoms with Crippen molar-refractivity contribution in [2.75, 3.05) is 5.73 Å². The zero-order chi connectivity index (χ0) is 13.2. The number of aromatic nitrogens is 1. The summed E-state index contributed by atoms with van der Waals surface area (Å²) in [6.45, 7) is 1.93. The fraction of sp³-hybridized carbons (Fsp3) is 0.0625. The molecule has 0 saturated heterocycles. The van der Waals surface area contributed by atoms with Crippen LogP contribution in [-0.4, -0.2) is 4.98 Å². The summed E-state index contributed by atoms with van der Waals surface area (Å²) in [6, 6.07) is 15.9. The van der Waals surface area contributed by atoms with Gasteiger partial charge in [-0.25, -0.2) is 4.98 Å². The third-order valence-corrected chi connectivity index (χ3v) is 3.11. The summed E-state index contributed by atoms with van der Waals surface area (Å²) in [5, 5.41) is 2.31. The quantitative estimate of drug-likeness (QED) is 0.750. The smallest absolute Gasteiger partial charge is 0.242 e. The molecule has 0 fully saturated rings. The number of pyridine rings is 1. The van der Waals surface area contributed by atoms with Crippen molar-refractivity contribution >= 4 is 16.5 Å². The van der Waals surface area contributed by atoms with E-state index in [0.717, 1.165) is 16.7 Å². The molecule has 1 aromatic heterocycles. The number of nitrogens with two attached hydrogens (primary N) is 1. The first-order valence-corrected chi connectivity index (χ1v) is 6.12. The van der Waals surface area contributed by atoms with Gasteiger partial charge in [0.2, 0.25) is 5.88 Å². The van der Waals surface area contributed by atoms with Gasteiger partial charge in [-0.05, 0) is 41.5 Å². The minimum atomic E-state index is 0.454. The average Bonchev–Trinajstić information content (AvgIpc) is 2.44. The molecule has 3 heteroatoms. The van der Waals surface area contributed by atoms with E-state index in [2.05, 4.69) is 17.1 Å². The molecule has 0 bridgehead atoms. The van der Waals surface area contributed by atoms with Crippen LogP contribution in [0.25, 0.3) is 10.8 Å². The molecular formula is C16H14N2O. The van der Waals surface area contributed by atoms with Gasteiger partial charge in [-0.1, -0.05) is 30.3 Å². The summed E-state index contributed by atoms with van der Waals surface area (Å²) in [6.07, 6.45) is 1.70. The van der Waals surface area contributed by atoms with E-state index in [1.165, 1.54) is 5.39 Å². The minimum Gasteiger partial charge on any atom is -0.437 e. The van der Waals surface area contributed by atoms with Crippen LogP contribution < -0.4 is 10.5 Å². The molecule has 0 unspecified atom stereocenters. The first kappa shape index (κ1) is 11.5. The van der Waals surface area contributed by atoms with Gasteiger partial charge in [0.1, 0.15) is 5.75 Å². The lowest BCUT2D eigenvalue weighted by molar-refractivity contribution is 0.466. The zero-order valence-electron chi connectivity index (χ0n) is 10.6. The van der Waals surface area contributed by atoms with E-state index in [9.17, 15) is 0 Å². The SMILES string of the molecule is Cc1ccnc(Oc2ccc3ccccc3c2)c1N. The number of nitrogens with zero attached hydrogens (tertiary/aromatic N) is 1. The van der Waals surface area contributed by atoms with Gasteiger partial charge in [0.15, 0.2) is 0 Å². The van der Waals surface area contributed by atoms with E-state index in [4.69, 9.17) is 10.5 Å². The van der Waals surface area contributed by atoms with Crippen molar-refractivity contribution in [3.63, 3.8) is 0 Å². The van der Waals surface area contributed by atoms with Crippen molar-refractivity contribution in [2.24, 2.45) is 0 Å². The van der Waals surface area contributed by atoms with Crippen LogP contribution in [-0.2, 0) is 0 Å². The highest BCUT2D eigenvalue weighted by molar-refractivity contribution is 5.83. The second-order valence-corrected chi connectivity index (χ2v) is 4.46. The number of ether oxygens (including phenoxy) is 1. The van der Waals surface area contributed by atoms with Crippen molar-refractivity contribution < 1.29 is 4.74 Å². The van der Waals surface area contributed by atoms with Crippen LogP contribution in [0.15, 0.2) is 54.7 Å². The number of rotatable bonds is 2. The third-order valence-electron chi connectivity index (χ3n) is 3.11. The van der Waals surface area contributed by atoms with Crippen LogP contribution in [0.3, 0.4) is 0 Å². The maximum Gasteiger partial charge on any atom is 0.242 e. The predicted octanol–water partition coefficient (Wildman–Crippen LogP) is 3.92. The Morgan fingerprint density at radius 1 is 1.00 bits per heavy atom. The standard InChI is InChI=1S/C16H14N2O/c1-11-8-9-18-16(15(11)17)19-14-7-6-12-4-2-3-5-13(12)10-14/h2-10H,17H2,1H3. The summed E-state index contributed by atoms with van der Waals surface area (Å²) in [7, 11) is 0. The summed E-state index contributed by atoms with van der Waals surface area (Å²) in [4.78, 5) is 4.17. The Morgan fingerprint density at radius 3 is 2.63 bits per heavy atom. The Bertz CT molecular complexity index is 738. The summed E-state index contributed by atoms with van der Waals surface area (Å²) < 4.78 is 5.76. The molecule has 1 heterocycles. The molecule has 2 N–H and O–H groups in total. The van der Waals surface area contributed by atoms with E-state index >= 15 is 0 Å². The number of hydrogen-bond acceptors (Lipinski definition) is 3. The number of nitrogen functional groups attached to an aromatic ring is 1. The van der Waals surface area contributed by atoms with E-state index in [0.29, 0.717) is 11.6 Å². The van der Waals surface area contributed by atoms with Crippen LogP contribution in [0.2, 0.25) is 0 Å². The molecule has 0 aliphatic carbocycles. The van der Waals surface area contributed by atoms with Gasteiger partial charge in [0, 0.05) is 6.20 Å². The highest BCUT2D eigenvalue weighted by Crippen LogP contribution is 2.29. The molecule has 0 aliphatic rings. The van der Waals surface area contributed by atoms with Gasteiger partial charge >= 0.3 is 0 Å². The molecule has 3 aromatic rings. The Balaban J connectivity index is 1.99. The Kier molecular flexibility index (Phi) is 2.80. The van der Waals surface area contributed by atoms with Crippen LogP contribution in [0.4, 0.5) is 5.69 Å². The monoisotopic (exact) mass is 250 g/mol. The minimum absolute atomic E-state index is 0.454. The molecule has 0 amide bonds. The zero-order valence-corrected chi connectivity index (χ0v) is 10.6. The van der Waals surface area contributed by atoms with Gasteiger partial charge in [-0.3, -0.25) is 0 Å². The van der Waals surface area contributed by atoms with Crippen molar-refractivity contribution in [1.29, 1.82) is 0 Å². The topological polar surface area (TPSA) is 48.1 Å². The molecule has 3 rings (SSSR count). The number of anilines is 1. The van der Waals surface area contributed by atoms with Gasteiger partial charge in [0.05, 0.1) is 5.69 Å². The predicted molar refractivity (Wildman–Crippen MR) is 77.4 cm³/mol. The summed E-state index contributed by atoms with van der Waals surface area (Å²) >= 11 is 0. The van der Waals surface area contributed by atoms with Crippen molar-refractivity contribution in [3.8, 4) is 11.6 Å². The number of fused-ring (bicyclic) bond motifs is 1. The molecule has 0 spiro atoms. The third kappa shape index (κ3) is 2.22. The molecule has 0 aliphatic heterocycles.